The van der Waals surface area contributed by atoms with Gasteiger partial charge >= 0.3 is 0 Å². The van der Waals surface area contributed by atoms with E-state index in [9.17, 15) is 0 Å². The molecule has 1 unspecified atom stereocenters. The van der Waals surface area contributed by atoms with E-state index in [2.05, 4.69) is 39.3 Å². The second-order valence-electron chi connectivity index (χ2n) is 4.46. The Morgan fingerprint density at radius 2 is 2.21 bits per heavy atom. The lowest BCUT2D eigenvalue weighted by atomic mass is 10.0. The zero-order valence-electron chi connectivity index (χ0n) is 11.0. The molecule has 5 heteroatoms. The lowest BCUT2D eigenvalue weighted by Gasteiger charge is -2.19. The van der Waals surface area contributed by atoms with Crippen LogP contribution in [-0.2, 0) is 13.5 Å². The number of benzene rings is 1. The topological polar surface area (TPSA) is 29.9 Å². The number of hydrogen-bond acceptors (Lipinski definition) is 2. The van der Waals surface area contributed by atoms with Crippen molar-refractivity contribution in [1.29, 1.82) is 0 Å². The summed E-state index contributed by atoms with van der Waals surface area (Å²) in [7, 11) is 1.93. The first-order chi connectivity index (χ1) is 9.10. The highest BCUT2D eigenvalue weighted by atomic mass is 79.9. The Hall–Kier alpha value is -0.840. The minimum atomic E-state index is 0.181. The first-order valence-electron chi connectivity index (χ1n) is 6.27. The molecule has 19 heavy (non-hydrogen) atoms. The van der Waals surface area contributed by atoms with Crippen LogP contribution < -0.4 is 5.32 Å². The lowest BCUT2D eigenvalue weighted by Crippen LogP contribution is -2.23. The van der Waals surface area contributed by atoms with E-state index in [0.29, 0.717) is 0 Å². The number of halogens is 2. The minimum absolute atomic E-state index is 0.181. The third-order valence-corrected chi connectivity index (χ3v) is 3.79. The molecule has 0 aliphatic heterocycles. The van der Waals surface area contributed by atoms with E-state index in [1.807, 2.05) is 36.1 Å². The molecule has 3 nitrogen and oxygen atoms in total. The van der Waals surface area contributed by atoms with Gasteiger partial charge in [0, 0.05) is 35.2 Å². The van der Waals surface area contributed by atoms with E-state index in [1.54, 1.807) is 0 Å². The maximum Gasteiger partial charge on any atom is 0.0643 e. The summed E-state index contributed by atoms with van der Waals surface area (Å²) in [4.78, 5) is 0. The van der Waals surface area contributed by atoms with Gasteiger partial charge < -0.3 is 5.32 Å². The SMILES string of the molecule is CCNC(Cc1ccn(C)n1)c1ccc(Br)cc1Cl. The molecule has 0 spiro atoms. The number of aromatic nitrogens is 2. The Morgan fingerprint density at radius 3 is 2.79 bits per heavy atom. The van der Waals surface area contributed by atoms with Crippen molar-refractivity contribution in [3.8, 4) is 0 Å². The number of likely N-dealkylation sites (N-methyl/N-ethyl adjacent to an activating group) is 1. The average Bonchev–Trinajstić information content (AvgIpc) is 2.74. The van der Waals surface area contributed by atoms with Crippen molar-refractivity contribution in [2.24, 2.45) is 7.05 Å². The van der Waals surface area contributed by atoms with Gasteiger partial charge in [0.2, 0.25) is 0 Å². The molecule has 1 aromatic heterocycles. The highest BCUT2D eigenvalue weighted by molar-refractivity contribution is 9.10. The molecule has 0 aliphatic rings. The molecule has 2 aromatic rings. The molecule has 0 saturated carbocycles. The van der Waals surface area contributed by atoms with E-state index >= 15 is 0 Å². The molecule has 1 aromatic carbocycles. The summed E-state index contributed by atoms with van der Waals surface area (Å²) < 4.78 is 2.82. The molecule has 1 heterocycles. The zero-order valence-corrected chi connectivity index (χ0v) is 13.4. The summed E-state index contributed by atoms with van der Waals surface area (Å²) in [6, 6.07) is 8.23. The highest BCUT2D eigenvalue weighted by Crippen LogP contribution is 2.28. The van der Waals surface area contributed by atoms with Crippen molar-refractivity contribution in [2.75, 3.05) is 6.54 Å². The molecule has 0 bridgehead atoms. The average molecular weight is 343 g/mol. The molecule has 2 rings (SSSR count). The summed E-state index contributed by atoms with van der Waals surface area (Å²) in [5.41, 5.74) is 2.17. The maximum atomic E-state index is 6.34. The van der Waals surface area contributed by atoms with Crippen LogP contribution in [0.3, 0.4) is 0 Å². The Labute approximate surface area is 127 Å². The minimum Gasteiger partial charge on any atom is -0.310 e. The van der Waals surface area contributed by atoms with Crippen LogP contribution in [0.4, 0.5) is 0 Å². The van der Waals surface area contributed by atoms with Gasteiger partial charge in [-0.1, -0.05) is 40.5 Å². The standard InChI is InChI=1S/C14H17BrClN3/c1-3-17-14(9-11-6-7-19(2)18-11)12-5-4-10(15)8-13(12)16/h4-8,14,17H,3,9H2,1-2H3. The van der Waals surface area contributed by atoms with E-state index < -0.39 is 0 Å². The highest BCUT2D eigenvalue weighted by Gasteiger charge is 2.15. The molecule has 0 radical (unpaired) electrons. The molecule has 1 N–H and O–H groups in total. The second kappa shape index (κ2) is 6.55. The number of rotatable bonds is 5. The fourth-order valence-electron chi connectivity index (χ4n) is 2.10. The molecule has 0 fully saturated rings. The molecular formula is C14H17BrClN3. The zero-order chi connectivity index (χ0) is 13.8. The van der Waals surface area contributed by atoms with Crippen LogP contribution in [0.5, 0.6) is 0 Å². The Balaban J connectivity index is 2.23. The molecule has 1 atom stereocenters. The van der Waals surface area contributed by atoms with Gasteiger partial charge in [-0.15, -0.1) is 0 Å². The molecule has 102 valence electrons. The van der Waals surface area contributed by atoms with Crippen molar-refractivity contribution in [3.05, 3.63) is 51.2 Å². The monoisotopic (exact) mass is 341 g/mol. The fraction of sp³-hybridized carbons (Fsp3) is 0.357. The van der Waals surface area contributed by atoms with Gasteiger partial charge in [0.1, 0.15) is 0 Å². The second-order valence-corrected chi connectivity index (χ2v) is 5.78. The van der Waals surface area contributed by atoms with Crippen LogP contribution in [0.1, 0.15) is 24.2 Å². The summed E-state index contributed by atoms with van der Waals surface area (Å²) in [6.45, 7) is 2.99. The summed E-state index contributed by atoms with van der Waals surface area (Å²) in [6.07, 6.45) is 2.79. The van der Waals surface area contributed by atoms with Gasteiger partial charge in [-0.05, 0) is 30.3 Å². The number of hydrogen-bond donors (Lipinski definition) is 1. The van der Waals surface area contributed by atoms with Crippen molar-refractivity contribution in [1.82, 2.24) is 15.1 Å². The third kappa shape index (κ3) is 3.81. The summed E-state index contributed by atoms with van der Waals surface area (Å²) in [5, 5.41) is 8.67. The Morgan fingerprint density at radius 1 is 1.42 bits per heavy atom. The molecule has 0 amide bonds. The van der Waals surface area contributed by atoms with E-state index in [4.69, 9.17) is 11.6 Å². The molecule has 0 aliphatic carbocycles. The van der Waals surface area contributed by atoms with Gasteiger partial charge in [0.25, 0.3) is 0 Å². The predicted octanol–water partition coefficient (Wildman–Crippen LogP) is 3.73. The molecular weight excluding hydrogens is 326 g/mol. The maximum absolute atomic E-state index is 6.34. The van der Waals surface area contributed by atoms with Crippen LogP contribution in [0.25, 0.3) is 0 Å². The van der Waals surface area contributed by atoms with Gasteiger partial charge in [0.15, 0.2) is 0 Å². The smallest absolute Gasteiger partial charge is 0.0643 e. The Bertz CT molecular complexity index is 553. The first-order valence-corrected chi connectivity index (χ1v) is 7.44. The van der Waals surface area contributed by atoms with Crippen molar-refractivity contribution < 1.29 is 0 Å². The van der Waals surface area contributed by atoms with Gasteiger partial charge in [0.05, 0.1) is 5.69 Å². The summed E-state index contributed by atoms with van der Waals surface area (Å²) >= 11 is 9.77. The number of nitrogens with zero attached hydrogens (tertiary/aromatic N) is 2. The van der Waals surface area contributed by atoms with Crippen LogP contribution in [-0.4, -0.2) is 16.3 Å². The van der Waals surface area contributed by atoms with E-state index in [-0.39, 0.29) is 6.04 Å². The Kier molecular flexibility index (Phi) is 5.02. The van der Waals surface area contributed by atoms with Crippen LogP contribution in [0.15, 0.2) is 34.9 Å². The van der Waals surface area contributed by atoms with E-state index in [0.717, 1.165) is 33.7 Å². The third-order valence-electron chi connectivity index (χ3n) is 2.97. The fourth-order valence-corrected chi connectivity index (χ4v) is 2.91. The van der Waals surface area contributed by atoms with E-state index in [1.165, 1.54) is 0 Å². The normalized spacial score (nSPS) is 12.6. The van der Waals surface area contributed by atoms with Crippen molar-refractivity contribution >= 4 is 27.5 Å². The largest absolute Gasteiger partial charge is 0.310 e. The summed E-state index contributed by atoms with van der Waals surface area (Å²) in [5.74, 6) is 0. The van der Waals surface area contributed by atoms with Crippen LogP contribution >= 0.6 is 27.5 Å². The van der Waals surface area contributed by atoms with Crippen molar-refractivity contribution in [2.45, 2.75) is 19.4 Å². The van der Waals surface area contributed by atoms with Crippen LogP contribution in [0, 0.1) is 0 Å². The van der Waals surface area contributed by atoms with Crippen LogP contribution in [0.2, 0.25) is 5.02 Å². The predicted molar refractivity (Wildman–Crippen MR) is 82.5 cm³/mol. The van der Waals surface area contributed by atoms with Gasteiger partial charge in [-0.3, -0.25) is 4.68 Å². The van der Waals surface area contributed by atoms with Crippen molar-refractivity contribution in [3.63, 3.8) is 0 Å². The number of aryl methyl sites for hydroxylation is 1. The lowest BCUT2D eigenvalue weighted by molar-refractivity contribution is 0.540. The number of nitrogens with one attached hydrogen (secondary N) is 1. The van der Waals surface area contributed by atoms with Gasteiger partial charge in [-0.2, -0.15) is 5.10 Å². The van der Waals surface area contributed by atoms with Gasteiger partial charge in [-0.25, -0.2) is 0 Å². The quantitative estimate of drug-likeness (QED) is 0.897. The molecule has 0 saturated heterocycles. The first kappa shape index (κ1) is 14.6.